The van der Waals surface area contributed by atoms with Crippen LogP contribution in [0.15, 0.2) is 60.0 Å². The van der Waals surface area contributed by atoms with Gasteiger partial charge in [0, 0.05) is 10.6 Å². The van der Waals surface area contributed by atoms with Gasteiger partial charge < -0.3 is 10.1 Å². The summed E-state index contributed by atoms with van der Waals surface area (Å²) < 4.78 is 5.74. The van der Waals surface area contributed by atoms with E-state index in [1.165, 1.54) is 18.3 Å². The SMILES string of the molecule is Cc1cc(OCc2ccc(C(=O)NNC(=O)C(C)NC(=O)c3cccs3)cc2)ccc1Cl. The maximum atomic E-state index is 12.3. The lowest BCUT2D eigenvalue weighted by molar-refractivity contribution is -0.123. The van der Waals surface area contributed by atoms with Crippen molar-refractivity contribution in [2.24, 2.45) is 0 Å². The Hall–Kier alpha value is -3.36. The Morgan fingerprint density at radius 3 is 2.44 bits per heavy atom. The van der Waals surface area contributed by atoms with E-state index in [0.29, 0.717) is 27.8 Å². The average molecular weight is 472 g/mol. The third-order valence-corrected chi connectivity index (χ3v) is 5.83. The molecule has 0 bridgehead atoms. The molecule has 1 heterocycles. The summed E-state index contributed by atoms with van der Waals surface area (Å²) in [6, 6.07) is 14.8. The van der Waals surface area contributed by atoms with Crippen LogP contribution in [0.2, 0.25) is 5.02 Å². The van der Waals surface area contributed by atoms with Gasteiger partial charge in [-0.2, -0.15) is 0 Å². The van der Waals surface area contributed by atoms with Gasteiger partial charge in [0.05, 0.1) is 4.88 Å². The number of carbonyl (C=O) groups excluding carboxylic acids is 3. The zero-order valence-corrected chi connectivity index (χ0v) is 19.0. The molecular weight excluding hydrogens is 450 g/mol. The summed E-state index contributed by atoms with van der Waals surface area (Å²) in [5.74, 6) is -0.653. The summed E-state index contributed by atoms with van der Waals surface area (Å²) in [7, 11) is 0. The topological polar surface area (TPSA) is 96.5 Å². The molecule has 0 radical (unpaired) electrons. The summed E-state index contributed by atoms with van der Waals surface area (Å²) in [5.41, 5.74) is 6.84. The number of ether oxygens (including phenoxy) is 1. The fourth-order valence-corrected chi connectivity index (χ4v) is 3.41. The minimum Gasteiger partial charge on any atom is -0.489 e. The molecule has 7 nitrogen and oxygen atoms in total. The predicted molar refractivity (Wildman–Crippen MR) is 124 cm³/mol. The standard InChI is InChI=1S/C23H22ClN3O4S/c1-14-12-18(9-10-19(14)24)31-13-16-5-7-17(8-6-16)22(29)27-26-21(28)15(2)25-23(30)20-4-3-11-32-20/h3-12,15H,13H2,1-2H3,(H,25,30)(H,26,28)(H,27,29). The quantitative estimate of drug-likeness (QED) is 0.456. The van der Waals surface area contributed by atoms with Gasteiger partial charge in [-0.15, -0.1) is 11.3 Å². The van der Waals surface area contributed by atoms with Gasteiger partial charge >= 0.3 is 0 Å². The first-order chi connectivity index (χ1) is 15.3. The van der Waals surface area contributed by atoms with Crippen LogP contribution >= 0.6 is 22.9 Å². The first-order valence-corrected chi connectivity index (χ1v) is 11.0. The number of halogens is 1. The number of amides is 3. The summed E-state index contributed by atoms with van der Waals surface area (Å²) >= 11 is 7.29. The Kier molecular flexibility index (Phi) is 7.86. The van der Waals surface area contributed by atoms with E-state index < -0.39 is 17.9 Å². The lowest BCUT2D eigenvalue weighted by Gasteiger charge is -2.14. The van der Waals surface area contributed by atoms with E-state index in [1.54, 1.807) is 53.9 Å². The Balaban J connectivity index is 1.46. The lowest BCUT2D eigenvalue weighted by Crippen LogP contribution is -2.51. The lowest BCUT2D eigenvalue weighted by atomic mass is 10.1. The predicted octanol–water partition coefficient (Wildman–Crippen LogP) is 3.87. The van der Waals surface area contributed by atoms with Gasteiger partial charge in [-0.25, -0.2) is 0 Å². The largest absolute Gasteiger partial charge is 0.489 e. The van der Waals surface area contributed by atoms with Gasteiger partial charge in [0.1, 0.15) is 18.4 Å². The number of hydrazine groups is 1. The van der Waals surface area contributed by atoms with Gasteiger partial charge in [-0.1, -0.05) is 29.8 Å². The zero-order chi connectivity index (χ0) is 23.1. The first kappa shape index (κ1) is 23.3. The van der Waals surface area contributed by atoms with Crippen LogP contribution in [0.25, 0.3) is 0 Å². The molecule has 3 N–H and O–H groups in total. The van der Waals surface area contributed by atoms with Crippen molar-refractivity contribution < 1.29 is 19.1 Å². The third-order valence-electron chi connectivity index (χ3n) is 4.54. The monoisotopic (exact) mass is 471 g/mol. The minimum absolute atomic E-state index is 0.334. The second-order valence-corrected chi connectivity index (χ2v) is 8.37. The van der Waals surface area contributed by atoms with E-state index in [4.69, 9.17) is 16.3 Å². The number of hydrogen-bond acceptors (Lipinski definition) is 5. The van der Waals surface area contributed by atoms with Gasteiger partial charge in [-0.05, 0) is 66.8 Å². The number of thiophene rings is 1. The highest BCUT2D eigenvalue weighted by Gasteiger charge is 2.18. The van der Waals surface area contributed by atoms with Crippen molar-refractivity contribution in [3.05, 3.63) is 86.6 Å². The van der Waals surface area contributed by atoms with E-state index >= 15 is 0 Å². The summed E-state index contributed by atoms with van der Waals surface area (Å²) in [5, 5.41) is 5.03. The number of carbonyl (C=O) groups is 3. The first-order valence-electron chi connectivity index (χ1n) is 9.76. The Bertz CT molecular complexity index is 1100. The van der Waals surface area contributed by atoms with Crippen LogP contribution in [0.4, 0.5) is 0 Å². The van der Waals surface area contributed by atoms with Gasteiger partial charge in [0.15, 0.2) is 0 Å². The zero-order valence-electron chi connectivity index (χ0n) is 17.5. The van der Waals surface area contributed by atoms with E-state index in [1.807, 2.05) is 13.0 Å². The molecule has 0 aliphatic rings. The number of rotatable bonds is 7. The molecule has 1 atom stereocenters. The second-order valence-electron chi connectivity index (χ2n) is 7.01. The highest BCUT2D eigenvalue weighted by atomic mass is 35.5. The average Bonchev–Trinajstić information content (AvgIpc) is 3.33. The molecule has 3 amide bonds. The Morgan fingerprint density at radius 2 is 1.78 bits per heavy atom. The van der Waals surface area contributed by atoms with Crippen molar-refractivity contribution in [2.75, 3.05) is 0 Å². The molecule has 3 rings (SSSR count). The van der Waals surface area contributed by atoms with Crippen LogP contribution in [-0.2, 0) is 11.4 Å². The molecule has 0 spiro atoms. The molecule has 1 aromatic heterocycles. The molecule has 0 saturated heterocycles. The summed E-state index contributed by atoms with van der Waals surface area (Å²) in [6.07, 6.45) is 0. The molecule has 1 unspecified atom stereocenters. The molecule has 32 heavy (non-hydrogen) atoms. The van der Waals surface area contributed by atoms with Crippen LogP contribution in [0.5, 0.6) is 5.75 Å². The van der Waals surface area contributed by atoms with E-state index in [0.717, 1.165) is 11.1 Å². The normalized spacial score (nSPS) is 11.3. The van der Waals surface area contributed by atoms with E-state index in [9.17, 15) is 14.4 Å². The molecule has 166 valence electrons. The maximum Gasteiger partial charge on any atom is 0.269 e. The summed E-state index contributed by atoms with van der Waals surface area (Å²) in [4.78, 5) is 36.9. The fourth-order valence-electron chi connectivity index (χ4n) is 2.67. The molecule has 0 saturated carbocycles. The van der Waals surface area contributed by atoms with Crippen LogP contribution in [0, 0.1) is 6.92 Å². The van der Waals surface area contributed by atoms with Crippen LogP contribution in [0.3, 0.4) is 0 Å². The second kappa shape index (κ2) is 10.8. The van der Waals surface area contributed by atoms with Crippen molar-refractivity contribution in [3.8, 4) is 5.75 Å². The molecule has 3 aromatic rings. The van der Waals surface area contributed by atoms with Crippen LogP contribution in [-0.4, -0.2) is 23.8 Å². The highest BCUT2D eigenvalue weighted by molar-refractivity contribution is 7.12. The van der Waals surface area contributed by atoms with Crippen molar-refractivity contribution >= 4 is 40.7 Å². The molecule has 0 aliphatic carbocycles. The van der Waals surface area contributed by atoms with Gasteiger partial charge in [0.2, 0.25) is 0 Å². The van der Waals surface area contributed by atoms with Crippen molar-refractivity contribution in [1.82, 2.24) is 16.2 Å². The molecule has 0 aliphatic heterocycles. The molecule has 9 heteroatoms. The maximum absolute atomic E-state index is 12.3. The number of benzene rings is 2. The third kappa shape index (κ3) is 6.32. The van der Waals surface area contributed by atoms with Crippen molar-refractivity contribution in [3.63, 3.8) is 0 Å². The summed E-state index contributed by atoms with van der Waals surface area (Å²) in [6.45, 7) is 3.77. The smallest absolute Gasteiger partial charge is 0.269 e. The molecular formula is C23H22ClN3O4S. The fraction of sp³-hybridized carbons (Fsp3) is 0.174. The van der Waals surface area contributed by atoms with Crippen LogP contribution < -0.4 is 20.9 Å². The molecule has 0 fully saturated rings. The Labute approximate surface area is 194 Å². The van der Waals surface area contributed by atoms with Crippen molar-refractivity contribution in [2.45, 2.75) is 26.5 Å². The van der Waals surface area contributed by atoms with E-state index in [2.05, 4.69) is 16.2 Å². The van der Waals surface area contributed by atoms with Crippen molar-refractivity contribution in [1.29, 1.82) is 0 Å². The minimum atomic E-state index is -0.819. The van der Waals surface area contributed by atoms with E-state index in [-0.39, 0.29) is 5.91 Å². The number of hydrogen-bond donors (Lipinski definition) is 3. The molecule has 2 aromatic carbocycles. The highest BCUT2D eigenvalue weighted by Crippen LogP contribution is 2.22. The number of aryl methyl sites for hydroxylation is 1. The van der Waals surface area contributed by atoms with Gasteiger partial charge in [0.25, 0.3) is 17.7 Å². The van der Waals surface area contributed by atoms with Crippen LogP contribution in [0.1, 0.15) is 38.1 Å². The Morgan fingerprint density at radius 1 is 1.03 bits per heavy atom. The van der Waals surface area contributed by atoms with Gasteiger partial charge in [-0.3, -0.25) is 25.2 Å². The number of nitrogens with one attached hydrogen (secondary N) is 3.